The zero-order valence-electron chi connectivity index (χ0n) is 13.2. The summed E-state index contributed by atoms with van der Waals surface area (Å²) in [7, 11) is 0. The van der Waals surface area contributed by atoms with E-state index < -0.39 is 11.9 Å². The topological polar surface area (TPSA) is 51.1 Å². The summed E-state index contributed by atoms with van der Waals surface area (Å²) in [6, 6.07) is 4.31. The van der Waals surface area contributed by atoms with Gasteiger partial charge in [-0.25, -0.2) is 15.0 Å². The van der Waals surface area contributed by atoms with Crippen LogP contribution in [0, 0.1) is 5.92 Å². The number of pyridine rings is 1. The van der Waals surface area contributed by atoms with Crippen molar-refractivity contribution in [2.24, 2.45) is 5.92 Å². The van der Waals surface area contributed by atoms with Gasteiger partial charge in [0.25, 0.3) is 0 Å². The molecular weight excluding hydrogens is 357 g/mol. The van der Waals surface area contributed by atoms with Gasteiger partial charge in [-0.1, -0.05) is 11.6 Å². The van der Waals surface area contributed by atoms with E-state index in [1.807, 2.05) is 0 Å². The number of ether oxygens (including phenoxy) is 1. The summed E-state index contributed by atoms with van der Waals surface area (Å²) in [4.78, 5) is 13.4. The molecule has 25 heavy (non-hydrogen) atoms. The van der Waals surface area contributed by atoms with Crippen LogP contribution in [0.2, 0.25) is 5.02 Å². The van der Waals surface area contributed by atoms with Crippen LogP contribution < -0.4 is 9.64 Å². The van der Waals surface area contributed by atoms with Crippen molar-refractivity contribution in [3.05, 3.63) is 41.3 Å². The van der Waals surface area contributed by atoms with Gasteiger partial charge in [0.1, 0.15) is 10.7 Å². The first-order chi connectivity index (χ1) is 11.9. The summed E-state index contributed by atoms with van der Waals surface area (Å²) in [6.07, 6.45) is -0.182. The van der Waals surface area contributed by atoms with E-state index in [0.717, 1.165) is 25.1 Å². The van der Waals surface area contributed by atoms with Crippen LogP contribution in [-0.2, 0) is 6.18 Å². The van der Waals surface area contributed by atoms with Crippen molar-refractivity contribution >= 4 is 17.5 Å². The molecule has 0 bridgehead atoms. The molecule has 0 spiro atoms. The average molecular weight is 373 g/mol. The summed E-state index contributed by atoms with van der Waals surface area (Å²) < 4.78 is 43.9. The molecule has 0 unspecified atom stereocenters. The van der Waals surface area contributed by atoms with Gasteiger partial charge in [-0.15, -0.1) is 0 Å². The molecule has 0 saturated carbocycles. The summed E-state index contributed by atoms with van der Waals surface area (Å²) >= 11 is 5.99. The Kier molecular flexibility index (Phi) is 5.27. The molecule has 2 aromatic rings. The van der Waals surface area contributed by atoms with Gasteiger partial charge in [0.15, 0.2) is 0 Å². The Balaban J connectivity index is 1.55. The molecule has 1 aliphatic rings. The number of aromatic nitrogens is 3. The third-order valence-electron chi connectivity index (χ3n) is 4.01. The van der Waals surface area contributed by atoms with Crippen molar-refractivity contribution in [2.45, 2.75) is 19.0 Å². The van der Waals surface area contributed by atoms with E-state index in [2.05, 4.69) is 15.0 Å². The van der Waals surface area contributed by atoms with Gasteiger partial charge in [-0.05, 0) is 37.0 Å². The number of piperidine rings is 1. The smallest absolute Gasteiger partial charge is 0.433 e. The van der Waals surface area contributed by atoms with E-state index in [4.69, 9.17) is 16.3 Å². The maximum atomic E-state index is 12.7. The highest BCUT2D eigenvalue weighted by Crippen LogP contribution is 2.29. The van der Waals surface area contributed by atoms with Gasteiger partial charge in [0.05, 0.1) is 6.61 Å². The minimum Gasteiger partial charge on any atom is -0.476 e. The molecule has 1 saturated heterocycles. The number of alkyl halides is 3. The SMILES string of the molecule is FC(F)(F)c1ccnc(N2CCC(COc3ncccc3Cl)CC2)n1. The van der Waals surface area contributed by atoms with E-state index in [1.54, 1.807) is 23.2 Å². The van der Waals surface area contributed by atoms with Gasteiger partial charge in [0.2, 0.25) is 11.8 Å². The molecule has 0 amide bonds. The summed E-state index contributed by atoms with van der Waals surface area (Å²) in [5, 5.41) is 0.456. The van der Waals surface area contributed by atoms with Crippen LogP contribution in [-0.4, -0.2) is 34.6 Å². The predicted octanol–water partition coefficient (Wildman–Crippen LogP) is 3.84. The number of rotatable bonds is 4. The molecule has 0 radical (unpaired) electrons. The molecule has 1 fully saturated rings. The molecule has 0 atom stereocenters. The zero-order chi connectivity index (χ0) is 17.9. The van der Waals surface area contributed by atoms with Crippen LogP contribution in [0.3, 0.4) is 0 Å². The average Bonchev–Trinajstić information content (AvgIpc) is 2.61. The van der Waals surface area contributed by atoms with Crippen molar-refractivity contribution in [3.8, 4) is 5.88 Å². The first-order valence-electron chi connectivity index (χ1n) is 7.82. The summed E-state index contributed by atoms with van der Waals surface area (Å²) in [6.45, 7) is 1.62. The van der Waals surface area contributed by atoms with Crippen LogP contribution in [0.15, 0.2) is 30.6 Å². The van der Waals surface area contributed by atoms with E-state index in [9.17, 15) is 13.2 Å². The number of hydrogen-bond acceptors (Lipinski definition) is 5. The van der Waals surface area contributed by atoms with E-state index >= 15 is 0 Å². The van der Waals surface area contributed by atoms with Gasteiger partial charge in [-0.2, -0.15) is 13.2 Å². The minimum atomic E-state index is -4.47. The molecule has 134 valence electrons. The second-order valence-electron chi connectivity index (χ2n) is 5.77. The Morgan fingerprint density at radius 3 is 2.60 bits per heavy atom. The van der Waals surface area contributed by atoms with E-state index in [-0.39, 0.29) is 11.9 Å². The lowest BCUT2D eigenvalue weighted by Gasteiger charge is -2.31. The standard InChI is InChI=1S/C16H16ClF3N4O/c17-12-2-1-6-21-14(12)25-10-11-4-8-24(9-5-11)15-22-7-3-13(23-15)16(18,19)20/h1-3,6-7,11H,4-5,8-10H2. The number of halogens is 4. The first kappa shape index (κ1) is 17.7. The Morgan fingerprint density at radius 1 is 1.16 bits per heavy atom. The molecule has 5 nitrogen and oxygen atoms in total. The lowest BCUT2D eigenvalue weighted by Crippen LogP contribution is -2.36. The molecular formula is C16H16ClF3N4O. The third kappa shape index (κ3) is 4.50. The quantitative estimate of drug-likeness (QED) is 0.816. The van der Waals surface area contributed by atoms with E-state index in [1.165, 1.54) is 0 Å². The Labute approximate surface area is 147 Å². The molecule has 3 rings (SSSR count). The molecule has 3 heterocycles. The van der Waals surface area contributed by atoms with Crippen molar-refractivity contribution in [3.63, 3.8) is 0 Å². The van der Waals surface area contributed by atoms with Crippen molar-refractivity contribution in [2.75, 3.05) is 24.6 Å². The number of hydrogen-bond donors (Lipinski definition) is 0. The van der Waals surface area contributed by atoms with Gasteiger partial charge in [0, 0.05) is 25.5 Å². The van der Waals surface area contributed by atoms with Crippen molar-refractivity contribution in [1.29, 1.82) is 0 Å². The first-order valence-corrected chi connectivity index (χ1v) is 8.20. The Bertz CT molecular complexity index is 721. The van der Waals surface area contributed by atoms with E-state index in [0.29, 0.717) is 30.6 Å². The molecule has 1 aliphatic heterocycles. The molecule has 2 aromatic heterocycles. The number of nitrogens with zero attached hydrogens (tertiary/aromatic N) is 4. The fourth-order valence-corrected chi connectivity index (χ4v) is 2.81. The highest BCUT2D eigenvalue weighted by molar-refractivity contribution is 6.31. The fraction of sp³-hybridized carbons (Fsp3) is 0.438. The molecule has 0 N–H and O–H groups in total. The summed E-state index contributed by atoms with van der Waals surface area (Å²) in [5.41, 5.74) is -0.923. The Morgan fingerprint density at radius 2 is 1.92 bits per heavy atom. The van der Waals surface area contributed by atoms with Crippen molar-refractivity contribution < 1.29 is 17.9 Å². The number of anilines is 1. The van der Waals surface area contributed by atoms with Crippen LogP contribution in [0.5, 0.6) is 5.88 Å². The van der Waals surface area contributed by atoms with Crippen LogP contribution in [0.4, 0.5) is 19.1 Å². The summed E-state index contributed by atoms with van der Waals surface area (Å²) in [5.74, 6) is 0.787. The highest BCUT2D eigenvalue weighted by Gasteiger charge is 2.33. The van der Waals surface area contributed by atoms with Gasteiger partial charge in [-0.3, -0.25) is 0 Å². The highest BCUT2D eigenvalue weighted by atomic mass is 35.5. The molecule has 9 heteroatoms. The lowest BCUT2D eigenvalue weighted by molar-refractivity contribution is -0.141. The third-order valence-corrected chi connectivity index (χ3v) is 4.30. The van der Waals surface area contributed by atoms with Crippen LogP contribution in [0.25, 0.3) is 0 Å². The maximum absolute atomic E-state index is 12.7. The maximum Gasteiger partial charge on any atom is 0.433 e. The van der Waals surface area contributed by atoms with Gasteiger partial charge >= 0.3 is 6.18 Å². The second kappa shape index (κ2) is 7.43. The largest absolute Gasteiger partial charge is 0.476 e. The monoisotopic (exact) mass is 372 g/mol. The zero-order valence-corrected chi connectivity index (χ0v) is 14.0. The minimum absolute atomic E-state index is 0.113. The fourth-order valence-electron chi connectivity index (χ4n) is 2.63. The Hall–Kier alpha value is -2.09. The van der Waals surface area contributed by atoms with Crippen molar-refractivity contribution in [1.82, 2.24) is 15.0 Å². The van der Waals surface area contributed by atoms with Gasteiger partial charge < -0.3 is 9.64 Å². The normalized spacial score (nSPS) is 16.1. The molecule has 0 aliphatic carbocycles. The van der Waals surface area contributed by atoms with Crippen LogP contribution >= 0.6 is 11.6 Å². The molecule has 0 aromatic carbocycles. The van der Waals surface area contributed by atoms with Crippen LogP contribution in [0.1, 0.15) is 18.5 Å². The predicted molar refractivity (Wildman–Crippen MR) is 86.7 cm³/mol. The second-order valence-corrected chi connectivity index (χ2v) is 6.18. The lowest BCUT2D eigenvalue weighted by atomic mass is 9.98.